The third-order valence-electron chi connectivity index (χ3n) is 12.1. The van der Waals surface area contributed by atoms with E-state index in [0.29, 0.717) is 48.4 Å². The van der Waals surface area contributed by atoms with Crippen LogP contribution in [0.3, 0.4) is 0 Å². The van der Waals surface area contributed by atoms with Crippen LogP contribution in [0.15, 0.2) is 84.7 Å². The van der Waals surface area contributed by atoms with Crippen molar-refractivity contribution in [1.29, 1.82) is 0 Å². The van der Waals surface area contributed by atoms with Gasteiger partial charge in [-0.25, -0.2) is 0 Å². The van der Waals surface area contributed by atoms with Crippen LogP contribution in [0.2, 0.25) is 0 Å². The van der Waals surface area contributed by atoms with Gasteiger partial charge in [0.05, 0.1) is 19.8 Å². The van der Waals surface area contributed by atoms with Crippen LogP contribution in [0.5, 0.6) is 17.2 Å². The Bertz CT molecular complexity index is 2350. The number of rotatable bonds is 12. The Labute approximate surface area is 353 Å². The normalized spacial score (nSPS) is 20.6. The van der Waals surface area contributed by atoms with Crippen LogP contribution in [-0.4, -0.2) is 52.1 Å². The largest absolute Gasteiger partial charge is 0.508 e. The van der Waals surface area contributed by atoms with Gasteiger partial charge in [0, 0.05) is 48.5 Å². The van der Waals surface area contributed by atoms with Crippen LogP contribution in [-0.2, 0) is 42.0 Å². The maximum atomic E-state index is 13.7. The number of ketones is 1. The van der Waals surface area contributed by atoms with Gasteiger partial charge in [-0.2, -0.15) is 0 Å². The Morgan fingerprint density at radius 2 is 1.87 bits per heavy atom. The fourth-order valence-corrected chi connectivity index (χ4v) is 8.81. The van der Waals surface area contributed by atoms with E-state index in [4.69, 9.17) is 14.2 Å². The first-order valence-electron chi connectivity index (χ1n) is 21.3. The highest BCUT2D eigenvalue weighted by atomic mass is 16.5. The van der Waals surface area contributed by atoms with Gasteiger partial charge in [0.2, 0.25) is 0 Å². The molecule has 2 heterocycles. The summed E-state index contributed by atoms with van der Waals surface area (Å²) in [4.78, 5) is 13.7. The highest BCUT2D eigenvalue weighted by Crippen LogP contribution is 2.43. The number of aryl methyl sites for hydroxylation is 2. The van der Waals surface area contributed by atoms with Crippen molar-refractivity contribution >= 4 is 28.3 Å². The van der Waals surface area contributed by atoms with Crippen LogP contribution < -0.4 is 14.8 Å². The number of aliphatic hydroxyl groups is 3. The molecule has 5 N–H and O–H groups in total. The summed E-state index contributed by atoms with van der Waals surface area (Å²) in [5, 5.41) is 47.5. The molecule has 2 aliphatic carbocycles. The van der Waals surface area contributed by atoms with Crippen LogP contribution in [0.25, 0.3) is 16.8 Å². The number of allylic oxidation sites excluding steroid dienone is 4. The minimum absolute atomic E-state index is 0.0447. The Hall–Kier alpha value is -5.69. The van der Waals surface area contributed by atoms with Crippen LogP contribution in [0, 0.1) is 23.9 Å². The second-order valence-electron chi connectivity index (χ2n) is 16.5. The zero-order chi connectivity index (χ0) is 42.2. The number of phenols is 1. The highest BCUT2D eigenvalue weighted by Gasteiger charge is 2.28. The fourth-order valence-electron chi connectivity index (χ4n) is 8.81. The Morgan fingerprint density at radius 3 is 2.68 bits per heavy atom. The van der Waals surface area contributed by atoms with Crippen molar-refractivity contribution in [3.05, 3.63) is 124 Å². The molecular weight excluding hydrogens is 755 g/mol. The van der Waals surface area contributed by atoms with Gasteiger partial charge >= 0.3 is 0 Å². The number of aromatic hydroxyl groups is 1. The van der Waals surface area contributed by atoms with Crippen molar-refractivity contribution in [3.8, 4) is 29.3 Å². The van der Waals surface area contributed by atoms with E-state index in [1.54, 1.807) is 20.1 Å². The van der Waals surface area contributed by atoms with E-state index < -0.39 is 12.2 Å². The molecule has 60 heavy (non-hydrogen) atoms. The molecule has 0 aromatic heterocycles. The van der Waals surface area contributed by atoms with E-state index in [1.807, 2.05) is 48.5 Å². The van der Waals surface area contributed by atoms with Crippen molar-refractivity contribution in [2.24, 2.45) is 11.8 Å². The van der Waals surface area contributed by atoms with E-state index in [9.17, 15) is 25.2 Å². The summed E-state index contributed by atoms with van der Waals surface area (Å²) in [6, 6.07) is 17.8. The first kappa shape index (κ1) is 42.4. The summed E-state index contributed by atoms with van der Waals surface area (Å²) in [6.07, 6.45) is 17.3. The Kier molecular flexibility index (Phi) is 13.8. The van der Waals surface area contributed by atoms with Crippen LogP contribution >= 0.6 is 0 Å². The van der Waals surface area contributed by atoms with Crippen LogP contribution in [0.1, 0.15) is 97.2 Å². The number of unbranched alkanes of at least 4 members (excludes halogenated alkanes) is 1. The van der Waals surface area contributed by atoms with Gasteiger partial charge in [-0.1, -0.05) is 55.7 Å². The van der Waals surface area contributed by atoms with Gasteiger partial charge < -0.3 is 40.0 Å². The molecule has 0 amide bonds. The number of methoxy groups -OCH3 is 1. The predicted octanol–water partition coefficient (Wildman–Crippen LogP) is 9.39. The first-order chi connectivity index (χ1) is 29.1. The maximum Gasteiger partial charge on any atom is 0.161 e. The number of carbonyl (C=O) groups excluding carboxylic acids is 1. The lowest BCUT2D eigenvalue weighted by Crippen LogP contribution is -2.24. The van der Waals surface area contributed by atoms with Crippen molar-refractivity contribution in [3.63, 3.8) is 0 Å². The quantitative estimate of drug-likeness (QED) is 0.0700. The van der Waals surface area contributed by atoms with Gasteiger partial charge in [-0.05, 0) is 138 Å². The van der Waals surface area contributed by atoms with Crippen LogP contribution in [0.4, 0.5) is 5.69 Å². The van der Waals surface area contributed by atoms with Crippen molar-refractivity contribution in [2.75, 3.05) is 19.0 Å². The van der Waals surface area contributed by atoms with Gasteiger partial charge in [-0.3, -0.25) is 4.79 Å². The standard InChI is InChI=1S/C51H57NO8/c1-32-13-19-44-47-31-60-50-23-35(15-20-49(50)58-3)14-17-41(56)27-42(59-21-7-12-43-46(26-38(47)30-53)51(44)45(32)28-48(43)57)25-37-24-40(55)18-16-36(37)10-5-4-8-34-9-6-11-39(22-34)52-29-33(2)54/h6,9,11,13,15-16,18-20,22-24,26,28,32-33,36-37,42,52-55,57H,4-5,8,10,12,14,17,25,27,29-31H2,1-3H3/t32-,33+,36+,37+,42+/m1/s1. The van der Waals surface area contributed by atoms with Gasteiger partial charge in [0.25, 0.3) is 0 Å². The SMILES string of the molecule is COc1ccc2cc1OCc1c(CO)cc3c(c(O)cc4c3c1C=C[C@H]4C)CC#CO[C@@H](C[C@@H]1C=C(O)C=C[C@@H]1CCCCc1cccc(NC[C@H](C)O)c1)CC(=O)CC2. The smallest absolute Gasteiger partial charge is 0.161 e. The summed E-state index contributed by atoms with van der Waals surface area (Å²) >= 11 is 0. The molecule has 314 valence electrons. The number of phenolic OH excluding ortho intramolecular Hbond substituents is 1. The number of nitrogens with one attached hydrogen (secondary N) is 1. The zero-order valence-electron chi connectivity index (χ0n) is 34.9. The van der Waals surface area contributed by atoms with Crippen molar-refractivity contribution in [2.45, 2.75) is 103 Å². The number of hydrogen-bond donors (Lipinski definition) is 5. The lowest BCUT2D eigenvalue weighted by Gasteiger charge is -2.28. The van der Waals surface area contributed by atoms with E-state index in [-0.39, 0.29) is 61.1 Å². The second kappa shape index (κ2) is 19.6. The molecular formula is C51H57NO8. The molecule has 0 fully saturated rings. The van der Waals surface area contributed by atoms with Crippen molar-refractivity contribution < 1.29 is 39.4 Å². The molecule has 0 spiro atoms. The summed E-state index contributed by atoms with van der Waals surface area (Å²) in [6.45, 7) is 4.32. The van der Waals surface area contributed by atoms with Gasteiger partial charge in [-0.15, -0.1) is 0 Å². The first-order valence-corrected chi connectivity index (χ1v) is 21.3. The molecule has 4 aliphatic rings. The van der Waals surface area contributed by atoms with Crippen molar-refractivity contribution in [1.82, 2.24) is 0 Å². The third kappa shape index (κ3) is 10.2. The summed E-state index contributed by atoms with van der Waals surface area (Å²) in [7, 11) is 1.60. The molecule has 5 atom stereocenters. The lowest BCUT2D eigenvalue weighted by atomic mass is 9.80. The van der Waals surface area contributed by atoms with Gasteiger partial charge in [0.15, 0.2) is 11.5 Å². The number of fused-ring (bicyclic) bond motifs is 9. The van der Waals surface area contributed by atoms with E-state index in [2.05, 4.69) is 54.6 Å². The average Bonchev–Trinajstić information content (AvgIpc) is 3.24. The molecule has 0 saturated carbocycles. The molecule has 8 rings (SSSR count). The van der Waals surface area contributed by atoms with Gasteiger partial charge in [0.1, 0.15) is 36.1 Å². The highest BCUT2D eigenvalue weighted by molar-refractivity contribution is 6.00. The van der Waals surface area contributed by atoms with E-state index in [0.717, 1.165) is 64.4 Å². The lowest BCUT2D eigenvalue weighted by molar-refractivity contribution is -0.121. The summed E-state index contributed by atoms with van der Waals surface area (Å²) < 4.78 is 18.4. The average molecular weight is 812 g/mol. The molecule has 0 unspecified atom stereocenters. The number of benzene rings is 4. The number of anilines is 1. The fraction of sp³-hybridized carbons (Fsp3) is 0.392. The zero-order valence-corrected chi connectivity index (χ0v) is 34.9. The molecule has 0 radical (unpaired) electrons. The Morgan fingerprint density at radius 1 is 1.00 bits per heavy atom. The number of aliphatic hydroxyl groups excluding tert-OH is 3. The molecule has 9 nitrogen and oxygen atoms in total. The second-order valence-corrected chi connectivity index (χ2v) is 16.5. The minimum Gasteiger partial charge on any atom is -0.508 e. The number of ether oxygens (including phenoxy) is 3. The number of Topliss-reactive ketones (excluding diaryl/α,β-unsaturated/α-hetero) is 1. The topological polar surface area (TPSA) is 138 Å². The minimum atomic E-state index is -0.527. The predicted molar refractivity (Wildman–Crippen MR) is 236 cm³/mol. The van der Waals surface area contributed by atoms with E-state index >= 15 is 0 Å². The summed E-state index contributed by atoms with van der Waals surface area (Å²) in [5.74, 6) is 4.80. The number of hydrogen-bond acceptors (Lipinski definition) is 9. The summed E-state index contributed by atoms with van der Waals surface area (Å²) in [5.41, 5.74) is 7.29. The molecule has 0 saturated heterocycles. The number of carbonyl (C=O) groups is 1. The maximum absolute atomic E-state index is 13.7. The Balaban J connectivity index is 1.14. The molecule has 4 aromatic rings. The molecule has 2 aliphatic heterocycles. The third-order valence-corrected chi connectivity index (χ3v) is 12.1. The molecule has 9 heteroatoms. The molecule has 6 bridgehead atoms. The van der Waals surface area contributed by atoms with E-state index in [1.165, 1.54) is 5.56 Å². The monoisotopic (exact) mass is 811 g/mol. The molecule has 4 aromatic carbocycles.